The lowest BCUT2D eigenvalue weighted by atomic mass is 10.3. The van der Waals surface area contributed by atoms with Crippen LogP contribution >= 0.6 is 0 Å². The van der Waals surface area contributed by atoms with E-state index in [0.29, 0.717) is 24.6 Å². The predicted molar refractivity (Wildman–Crippen MR) is 73.4 cm³/mol. The summed E-state index contributed by atoms with van der Waals surface area (Å²) in [6.45, 7) is 0.972. The standard InChI is InChI=1S/C15H16FNO2/c1-18-13-7-8-14(16)15(11-13)17-9-10-19-12-5-3-2-4-6-12/h2-8,11,17H,9-10H2,1H3. The summed E-state index contributed by atoms with van der Waals surface area (Å²) in [7, 11) is 1.55. The van der Waals surface area contributed by atoms with Crippen molar-refractivity contribution in [1.29, 1.82) is 0 Å². The molecular formula is C15H16FNO2. The molecule has 0 saturated carbocycles. The minimum absolute atomic E-state index is 0.305. The number of halogens is 1. The van der Waals surface area contributed by atoms with Crippen molar-refractivity contribution in [3.8, 4) is 11.5 Å². The summed E-state index contributed by atoms with van der Waals surface area (Å²) in [5, 5.41) is 2.98. The van der Waals surface area contributed by atoms with Crippen LogP contribution in [0, 0.1) is 5.82 Å². The molecule has 19 heavy (non-hydrogen) atoms. The van der Waals surface area contributed by atoms with Gasteiger partial charge in [0.15, 0.2) is 0 Å². The number of rotatable bonds is 6. The van der Waals surface area contributed by atoms with Gasteiger partial charge < -0.3 is 14.8 Å². The number of nitrogens with one attached hydrogen (secondary N) is 1. The molecule has 100 valence electrons. The van der Waals surface area contributed by atoms with Crippen molar-refractivity contribution in [2.75, 3.05) is 25.6 Å². The first-order valence-electron chi connectivity index (χ1n) is 6.05. The average molecular weight is 261 g/mol. The Morgan fingerprint density at radius 1 is 1.05 bits per heavy atom. The van der Waals surface area contributed by atoms with E-state index in [1.54, 1.807) is 19.2 Å². The molecule has 0 spiro atoms. The maximum Gasteiger partial charge on any atom is 0.146 e. The van der Waals surface area contributed by atoms with Crippen LogP contribution < -0.4 is 14.8 Å². The predicted octanol–water partition coefficient (Wildman–Crippen LogP) is 3.33. The Morgan fingerprint density at radius 3 is 2.58 bits per heavy atom. The quantitative estimate of drug-likeness (QED) is 0.809. The molecule has 0 saturated heterocycles. The van der Waals surface area contributed by atoms with Crippen LogP contribution in [0.5, 0.6) is 11.5 Å². The summed E-state index contributed by atoms with van der Waals surface area (Å²) in [4.78, 5) is 0. The van der Waals surface area contributed by atoms with E-state index in [9.17, 15) is 4.39 Å². The van der Waals surface area contributed by atoms with Gasteiger partial charge in [-0.1, -0.05) is 18.2 Å². The monoisotopic (exact) mass is 261 g/mol. The second-order valence-corrected chi connectivity index (χ2v) is 3.93. The molecule has 4 heteroatoms. The van der Waals surface area contributed by atoms with Crippen molar-refractivity contribution in [3.63, 3.8) is 0 Å². The largest absolute Gasteiger partial charge is 0.497 e. The molecule has 1 N–H and O–H groups in total. The lowest BCUT2D eigenvalue weighted by Gasteiger charge is -2.10. The number of methoxy groups -OCH3 is 1. The maximum absolute atomic E-state index is 13.5. The number of hydrogen-bond acceptors (Lipinski definition) is 3. The van der Waals surface area contributed by atoms with Crippen LogP contribution in [0.3, 0.4) is 0 Å². The molecule has 3 nitrogen and oxygen atoms in total. The van der Waals surface area contributed by atoms with Crippen LogP contribution in [0.2, 0.25) is 0 Å². The second-order valence-electron chi connectivity index (χ2n) is 3.93. The van der Waals surface area contributed by atoms with Crippen LogP contribution in [-0.2, 0) is 0 Å². The van der Waals surface area contributed by atoms with Gasteiger partial charge in [-0.25, -0.2) is 4.39 Å². The highest BCUT2D eigenvalue weighted by molar-refractivity contribution is 5.49. The Labute approximate surface area is 112 Å². The van der Waals surface area contributed by atoms with E-state index >= 15 is 0 Å². The van der Waals surface area contributed by atoms with Gasteiger partial charge in [-0.3, -0.25) is 0 Å². The number of ether oxygens (including phenoxy) is 2. The van der Waals surface area contributed by atoms with Crippen molar-refractivity contribution in [2.24, 2.45) is 0 Å². The Hall–Kier alpha value is -2.23. The van der Waals surface area contributed by atoms with E-state index in [0.717, 1.165) is 5.75 Å². The van der Waals surface area contributed by atoms with Crippen molar-refractivity contribution in [3.05, 3.63) is 54.3 Å². The lowest BCUT2D eigenvalue weighted by Crippen LogP contribution is -2.12. The van der Waals surface area contributed by atoms with Gasteiger partial charge in [0.1, 0.15) is 23.9 Å². The van der Waals surface area contributed by atoms with E-state index in [-0.39, 0.29) is 5.82 Å². The van der Waals surface area contributed by atoms with Crippen molar-refractivity contribution < 1.29 is 13.9 Å². The molecule has 0 radical (unpaired) electrons. The molecule has 2 aromatic rings. The molecule has 2 rings (SSSR count). The Morgan fingerprint density at radius 2 is 1.84 bits per heavy atom. The van der Waals surface area contributed by atoms with Crippen LogP contribution in [0.1, 0.15) is 0 Å². The van der Waals surface area contributed by atoms with Crippen LogP contribution in [-0.4, -0.2) is 20.3 Å². The Balaban J connectivity index is 1.82. The van der Waals surface area contributed by atoms with E-state index in [4.69, 9.17) is 9.47 Å². The third-order valence-corrected chi connectivity index (χ3v) is 2.60. The van der Waals surface area contributed by atoms with Gasteiger partial charge in [0.2, 0.25) is 0 Å². The molecule has 0 amide bonds. The van der Waals surface area contributed by atoms with Crippen molar-refractivity contribution in [2.45, 2.75) is 0 Å². The Kier molecular flexibility index (Phi) is 4.61. The zero-order chi connectivity index (χ0) is 13.5. The van der Waals surface area contributed by atoms with E-state index in [1.165, 1.54) is 6.07 Å². The highest BCUT2D eigenvalue weighted by atomic mass is 19.1. The van der Waals surface area contributed by atoms with Gasteiger partial charge in [-0.05, 0) is 24.3 Å². The fourth-order valence-corrected chi connectivity index (χ4v) is 1.64. The third kappa shape index (κ3) is 3.88. The number of anilines is 1. The van der Waals surface area contributed by atoms with E-state index in [2.05, 4.69) is 5.32 Å². The molecule has 0 atom stereocenters. The zero-order valence-corrected chi connectivity index (χ0v) is 10.7. The summed E-state index contributed by atoms with van der Waals surface area (Å²) in [5.74, 6) is 1.11. The average Bonchev–Trinajstić information content (AvgIpc) is 2.46. The lowest BCUT2D eigenvalue weighted by molar-refractivity contribution is 0.332. The summed E-state index contributed by atoms with van der Waals surface area (Å²) >= 11 is 0. The molecule has 0 heterocycles. The SMILES string of the molecule is COc1ccc(F)c(NCCOc2ccccc2)c1. The molecule has 2 aromatic carbocycles. The molecule has 0 aliphatic rings. The van der Waals surface area contributed by atoms with Gasteiger partial charge >= 0.3 is 0 Å². The highest BCUT2D eigenvalue weighted by Gasteiger charge is 2.03. The van der Waals surface area contributed by atoms with E-state index in [1.807, 2.05) is 30.3 Å². The molecule has 0 aromatic heterocycles. The fourth-order valence-electron chi connectivity index (χ4n) is 1.64. The maximum atomic E-state index is 13.5. The van der Waals surface area contributed by atoms with Gasteiger partial charge in [0.25, 0.3) is 0 Å². The first-order valence-corrected chi connectivity index (χ1v) is 6.05. The second kappa shape index (κ2) is 6.64. The molecule has 0 aliphatic heterocycles. The molecule has 0 unspecified atom stereocenters. The fraction of sp³-hybridized carbons (Fsp3) is 0.200. The number of para-hydroxylation sites is 1. The van der Waals surface area contributed by atoms with Gasteiger partial charge in [0.05, 0.1) is 12.8 Å². The van der Waals surface area contributed by atoms with Crippen molar-refractivity contribution >= 4 is 5.69 Å². The summed E-state index contributed by atoms with van der Waals surface area (Å²) in [6, 6.07) is 14.1. The van der Waals surface area contributed by atoms with Crippen LogP contribution in [0.4, 0.5) is 10.1 Å². The minimum atomic E-state index is -0.305. The third-order valence-electron chi connectivity index (χ3n) is 2.60. The van der Waals surface area contributed by atoms with Gasteiger partial charge in [0, 0.05) is 12.6 Å². The molecule has 0 fully saturated rings. The molecular weight excluding hydrogens is 245 g/mol. The number of benzene rings is 2. The first kappa shape index (κ1) is 13.2. The molecule has 0 bridgehead atoms. The molecule has 0 aliphatic carbocycles. The zero-order valence-electron chi connectivity index (χ0n) is 10.7. The van der Waals surface area contributed by atoms with E-state index < -0.39 is 0 Å². The van der Waals surface area contributed by atoms with Gasteiger partial charge in [-0.2, -0.15) is 0 Å². The van der Waals surface area contributed by atoms with Crippen molar-refractivity contribution in [1.82, 2.24) is 0 Å². The summed E-state index contributed by atoms with van der Waals surface area (Å²) < 4.78 is 24.1. The minimum Gasteiger partial charge on any atom is -0.497 e. The van der Waals surface area contributed by atoms with Crippen LogP contribution in [0.15, 0.2) is 48.5 Å². The Bertz CT molecular complexity index is 517. The topological polar surface area (TPSA) is 30.5 Å². The summed E-state index contributed by atoms with van der Waals surface area (Å²) in [6.07, 6.45) is 0. The highest BCUT2D eigenvalue weighted by Crippen LogP contribution is 2.20. The first-order chi connectivity index (χ1) is 9.29. The normalized spacial score (nSPS) is 10.0. The smallest absolute Gasteiger partial charge is 0.146 e. The number of hydrogen-bond donors (Lipinski definition) is 1. The summed E-state index contributed by atoms with van der Waals surface area (Å²) in [5.41, 5.74) is 0.413. The van der Waals surface area contributed by atoms with Crippen LogP contribution in [0.25, 0.3) is 0 Å². The van der Waals surface area contributed by atoms with Gasteiger partial charge in [-0.15, -0.1) is 0 Å².